The predicted molar refractivity (Wildman–Crippen MR) is 83.5 cm³/mol. The Balaban J connectivity index is 1.86. The molecule has 4 heteroatoms. The SMILES string of the molecule is CC1CN(Cc2ccc(N)c3cccnc23)CCN1C. The maximum atomic E-state index is 6.04. The maximum absolute atomic E-state index is 6.04. The van der Waals surface area contributed by atoms with Crippen LogP contribution in [0.25, 0.3) is 10.9 Å². The van der Waals surface area contributed by atoms with E-state index in [1.807, 2.05) is 24.4 Å². The molecule has 3 rings (SSSR count). The number of hydrogen-bond acceptors (Lipinski definition) is 4. The molecule has 2 N–H and O–H groups in total. The van der Waals surface area contributed by atoms with Crippen molar-refractivity contribution in [1.82, 2.24) is 14.8 Å². The quantitative estimate of drug-likeness (QED) is 0.847. The molecule has 1 atom stereocenters. The number of nitrogens with two attached hydrogens (primary N) is 1. The van der Waals surface area contributed by atoms with E-state index in [0.29, 0.717) is 6.04 Å². The van der Waals surface area contributed by atoms with Crippen LogP contribution in [0.5, 0.6) is 0 Å². The summed E-state index contributed by atoms with van der Waals surface area (Å²) in [5.74, 6) is 0. The smallest absolute Gasteiger partial charge is 0.0767 e. The molecule has 0 saturated carbocycles. The maximum Gasteiger partial charge on any atom is 0.0767 e. The highest BCUT2D eigenvalue weighted by molar-refractivity contribution is 5.92. The van der Waals surface area contributed by atoms with Gasteiger partial charge >= 0.3 is 0 Å². The van der Waals surface area contributed by atoms with Gasteiger partial charge in [-0.2, -0.15) is 0 Å². The minimum absolute atomic E-state index is 0.608. The lowest BCUT2D eigenvalue weighted by Crippen LogP contribution is -2.49. The lowest BCUT2D eigenvalue weighted by molar-refractivity contribution is 0.100. The van der Waals surface area contributed by atoms with E-state index in [2.05, 4.69) is 34.8 Å². The topological polar surface area (TPSA) is 45.4 Å². The fraction of sp³-hybridized carbons (Fsp3) is 0.438. The van der Waals surface area contributed by atoms with E-state index < -0.39 is 0 Å². The number of benzene rings is 1. The highest BCUT2D eigenvalue weighted by Crippen LogP contribution is 2.24. The Morgan fingerprint density at radius 3 is 2.95 bits per heavy atom. The van der Waals surface area contributed by atoms with Crippen LogP contribution >= 0.6 is 0 Å². The molecule has 0 bridgehead atoms. The number of hydrogen-bond donors (Lipinski definition) is 1. The van der Waals surface area contributed by atoms with Gasteiger partial charge in [0.1, 0.15) is 0 Å². The zero-order valence-corrected chi connectivity index (χ0v) is 12.2. The fourth-order valence-corrected chi connectivity index (χ4v) is 2.89. The van der Waals surface area contributed by atoms with Crippen molar-refractivity contribution in [3.05, 3.63) is 36.0 Å². The number of likely N-dealkylation sites (N-methyl/N-ethyl adjacent to an activating group) is 1. The van der Waals surface area contributed by atoms with E-state index >= 15 is 0 Å². The molecule has 1 saturated heterocycles. The minimum Gasteiger partial charge on any atom is -0.398 e. The molecular weight excluding hydrogens is 248 g/mol. The molecule has 1 aliphatic rings. The second kappa shape index (κ2) is 5.38. The number of fused-ring (bicyclic) bond motifs is 1. The Kier molecular flexibility index (Phi) is 3.59. The molecule has 2 aromatic rings. The number of anilines is 1. The van der Waals surface area contributed by atoms with E-state index in [9.17, 15) is 0 Å². The van der Waals surface area contributed by atoms with Crippen molar-refractivity contribution in [2.24, 2.45) is 0 Å². The second-order valence-corrected chi connectivity index (χ2v) is 5.78. The number of nitrogen functional groups attached to an aromatic ring is 1. The third-order valence-corrected chi connectivity index (χ3v) is 4.32. The molecule has 0 aliphatic carbocycles. The zero-order chi connectivity index (χ0) is 14.1. The molecule has 0 spiro atoms. The largest absolute Gasteiger partial charge is 0.398 e. The van der Waals surface area contributed by atoms with E-state index in [-0.39, 0.29) is 0 Å². The summed E-state index contributed by atoms with van der Waals surface area (Å²) in [5, 5.41) is 1.06. The van der Waals surface area contributed by atoms with Crippen LogP contribution < -0.4 is 5.73 Å². The standard InChI is InChI=1S/C16H22N4/c1-12-10-20(9-8-19(12)2)11-13-5-6-15(17)14-4-3-7-18-16(13)14/h3-7,12H,8-11,17H2,1-2H3. The highest BCUT2D eigenvalue weighted by Gasteiger charge is 2.21. The summed E-state index contributed by atoms with van der Waals surface area (Å²) >= 11 is 0. The van der Waals surface area contributed by atoms with Crippen LogP contribution in [-0.4, -0.2) is 47.5 Å². The molecule has 1 aromatic heterocycles. The van der Waals surface area contributed by atoms with Crippen LogP contribution in [0.15, 0.2) is 30.5 Å². The molecule has 1 unspecified atom stereocenters. The first kappa shape index (κ1) is 13.3. The Hall–Kier alpha value is -1.65. The van der Waals surface area contributed by atoms with E-state index in [0.717, 1.165) is 42.8 Å². The zero-order valence-electron chi connectivity index (χ0n) is 12.2. The van der Waals surface area contributed by atoms with Gasteiger partial charge in [-0.05, 0) is 37.7 Å². The van der Waals surface area contributed by atoms with Gasteiger partial charge < -0.3 is 10.6 Å². The fourth-order valence-electron chi connectivity index (χ4n) is 2.89. The molecule has 1 aromatic carbocycles. The molecule has 4 nitrogen and oxygen atoms in total. The van der Waals surface area contributed by atoms with Crippen molar-refractivity contribution in [2.75, 3.05) is 32.4 Å². The Morgan fingerprint density at radius 2 is 2.15 bits per heavy atom. The van der Waals surface area contributed by atoms with Gasteiger partial charge in [0, 0.05) is 49.5 Å². The van der Waals surface area contributed by atoms with E-state index in [1.165, 1.54) is 5.56 Å². The van der Waals surface area contributed by atoms with Gasteiger partial charge in [-0.1, -0.05) is 6.07 Å². The van der Waals surface area contributed by atoms with E-state index in [4.69, 9.17) is 5.73 Å². The number of piperazine rings is 1. The lowest BCUT2D eigenvalue weighted by atomic mass is 10.1. The highest BCUT2D eigenvalue weighted by atomic mass is 15.3. The second-order valence-electron chi connectivity index (χ2n) is 5.78. The molecule has 0 amide bonds. The summed E-state index contributed by atoms with van der Waals surface area (Å²) in [7, 11) is 2.20. The summed E-state index contributed by atoms with van der Waals surface area (Å²) in [6.07, 6.45) is 1.85. The van der Waals surface area contributed by atoms with Crippen molar-refractivity contribution in [3.8, 4) is 0 Å². The summed E-state index contributed by atoms with van der Waals surface area (Å²) < 4.78 is 0. The van der Waals surface area contributed by atoms with Crippen LogP contribution in [0.2, 0.25) is 0 Å². The lowest BCUT2D eigenvalue weighted by Gasteiger charge is -2.37. The van der Waals surface area contributed by atoms with Crippen LogP contribution in [0, 0.1) is 0 Å². The molecule has 1 aliphatic heterocycles. The van der Waals surface area contributed by atoms with Crippen LogP contribution in [-0.2, 0) is 6.54 Å². The third kappa shape index (κ3) is 2.49. The molecular formula is C16H22N4. The van der Waals surface area contributed by atoms with Crippen molar-refractivity contribution < 1.29 is 0 Å². The molecule has 106 valence electrons. The van der Waals surface area contributed by atoms with Crippen LogP contribution in [0.4, 0.5) is 5.69 Å². The van der Waals surface area contributed by atoms with Gasteiger partial charge in [-0.3, -0.25) is 9.88 Å². The monoisotopic (exact) mass is 270 g/mol. The van der Waals surface area contributed by atoms with Gasteiger partial charge in [0.2, 0.25) is 0 Å². The number of rotatable bonds is 2. The summed E-state index contributed by atoms with van der Waals surface area (Å²) in [6.45, 7) is 6.58. The van der Waals surface area contributed by atoms with Gasteiger partial charge in [0.15, 0.2) is 0 Å². The van der Waals surface area contributed by atoms with E-state index in [1.54, 1.807) is 0 Å². The molecule has 1 fully saturated rings. The van der Waals surface area contributed by atoms with Gasteiger partial charge in [-0.15, -0.1) is 0 Å². The third-order valence-electron chi connectivity index (χ3n) is 4.32. The van der Waals surface area contributed by atoms with Crippen LogP contribution in [0.3, 0.4) is 0 Å². The minimum atomic E-state index is 0.608. The Bertz CT molecular complexity index is 610. The number of pyridine rings is 1. The van der Waals surface area contributed by atoms with Gasteiger partial charge in [0.25, 0.3) is 0 Å². The Labute approximate surface area is 120 Å². The predicted octanol–water partition coefficient (Wildman–Crippen LogP) is 1.95. The van der Waals surface area contributed by atoms with Crippen molar-refractivity contribution in [3.63, 3.8) is 0 Å². The van der Waals surface area contributed by atoms with Crippen molar-refractivity contribution in [1.29, 1.82) is 0 Å². The molecule has 2 heterocycles. The summed E-state index contributed by atoms with van der Waals surface area (Å²) in [5.41, 5.74) is 9.16. The average Bonchev–Trinajstić information content (AvgIpc) is 2.46. The number of nitrogens with zero attached hydrogens (tertiary/aromatic N) is 3. The molecule has 20 heavy (non-hydrogen) atoms. The summed E-state index contributed by atoms with van der Waals surface area (Å²) in [4.78, 5) is 9.44. The van der Waals surface area contributed by atoms with Gasteiger partial charge in [-0.25, -0.2) is 0 Å². The van der Waals surface area contributed by atoms with Gasteiger partial charge in [0.05, 0.1) is 5.52 Å². The number of aromatic nitrogens is 1. The van der Waals surface area contributed by atoms with Crippen molar-refractivity contribution in [2.45, 2.75) is 19.5 Å². The average molecular weight is 270 g/mol. The summed E-state index contributed by atoms with van der Waals surface area (Å²) in [6, 6.07) is 8.72. The first-order chi connectivity index (χ1) is 9.65. The first-order valence-corrected chi connectivity index (χ1v) is 7.20. The first-order valence-electron chi connectivity index (χ1n) is 7.20. The Morgan fingerprint density at radius 1 is 1.30 bits per heavy atom. The van der Waals surface area contributed by atoms with Crippen molar-refractivity contribution >= 4 is 16.6 Å². The molecule has 0 radical (unpaired) electrons. The normalized spacial score (nSPS) is 21.4. The van der Waals surface area contributed by atoms with Crippen LogP contribution in [0.1, 0.15) is 12.5 Å².